The number of hydrogen-bond donors (Lipinski definition) is 1. The normalized spacial score (nSPS) is 11.3. The van der Waals surface area contributed by atoms with Gasteiger partial charge in [-0.2, -0.15) is 13.8 Å². The van der Waals surface area contributed by atoms with E-state index in [1.807, 2.05) is 4.72 Å². The van der Waals surface area contributed by atoms with Gasteiger partial charge in [0.15, 0.2) is 0 Å². The van der Waals surface area contributed by atoms with Gasteiger partial charge >= 0.3 is 0 Å². The highest BCUT2D eigenvalue weighted by Gasteiger charge is 2.17. The zero-order valence-corrected chi connectivity index (χ0v) is 11.7. The quantitative estimate of drug-likeness (QED) is 0.867. The predicted octanol–water partition coefficient (Wildman–Crippen LogP) is 2.92. The van der Waals surface area contributed by atoms with Crippen molar-refractivity contribution in [2.45, 2.75) is 4.90 Å². The van der Waals surface area contributed by atoms with Crippen LogP contribution in [-0.2, 0) is 10.0 Å². The molecular formula is C11H7BrF2N2O2S. The summed E-state index contributed by atoms with van der Waals surface area (Å²) >= 11 is 3.17. The Morgan fingerprint density at radius 1 is 1.05 bits per heavy atom. The Hall–Kier alpha value is -1.54. The Bertz CT molecular complexity index is 705. The second-order valence-corrected chi connectivity index (χ2v) is 6.13. The molecule has 0 saturated heterocycles. The molecule has 2 aromatic rings. The summed E-state index contributed by atoms with van der Waals surface area (Å²) in [6.45, 7) is 0. The van der Waals surface area contributed by atoms with E-state index in [4.69, 9.17) is 0 Å². The highest BCUT2D eigenvalue weighted by atomic mass is 79.9. The highest BCUT2D eigenvalue weighted by Crippen LogP contribution is 2.19. The van der Waals surface area contributed by atoms with Crippen LogP contribution in [0, 0.1) is 11.9 Å². The first-order valence-electron chi connectivity index (χ1n) is 4.99. The number of hydrogen-bond acceptors (Lipinski definition) is 3. The summed E-state index contributed by atoms with van der Waals surface area (Å²) in [5.41, 5.74) is -0.413. The van der Waals surface area contributed by atoms with Crippen LogP contribution in [0.25, 0.3) is 0 Å². The van der Waals surface area contributed by atoms with E-state index in [2.05, 4.69) is 20.9 Å². The molecule has 0 atom stereocenters. The van der Waals surface area contributed by atoms with E-state index in [-0.39, 0.29) is 4.90 Å². The van der Waals surface area contributed by atoms with Gasteiger partial charge in [-0.05, 0) is 36.4 Å². The lowest BCUT2D eigenvalue weighted by Gasteiger charge is -2.08. The molecule has 2 rings (SSSR count). The smallest absolute Gasteiger partial charge is 0.262 e. The third-order valence-corrected chi connectivity index (χ3v) is 4.09. The molecule has 1 heterocycles. The van der Waals surface area contributed by atoms with Crippen molar-refractivity contribution in [1.29, 1.82) is 0 Å². The number of nitrogens with one attached hydrogen (secondary N) is 1. The number of nitrogens with zero attached hydrogens (tertiary/aromatic N) is 1. The van der Waals surface area contributed by atoms with Crippen molar-refractivity contribution in [2.75, 3.05) is 4.72 Å². The third-order valence-electron chi connectivity index (χ3n) is 2.18. The Balaban J connectivity index is 2.33. The zero-order valence-electron chi connectivity index (χ0n) is 9.27. The van der Waals surface area contributed by atoms with Crippen LogP contribution in [0.3, 0.4) is 0 Å². The van der Waals surface area contributed by atoms with Crippen LogP contribution >= 0.6 is 15.9 Å². The predicted molar refractivity (Wildman–Crippen MR) is 69.1 cm³/mol. The molecule has 100 valence electrons. The van der Waals surface area contributed by atoms with Crippen LogP contribution in [0.2, 0.25) is 0 Å². The maximum atomic E-state index is 13.3. The van der Waals surface area contributed by atoms with Gasteiger partial charge in [0.05, 0.1) is 4.90 Å². The molecule has 0 unspecified atom stereocenters. The minimum absolute atomic E-state index is 0.0422. The SMILES string of the molecule is O=S(=O)(Nc1ccc(F)nc1F)c1ccc(Br)cc1. The Morgan fingerprint density at radius 2 is 1.68 bits per heavy atom. The number of pyridine rings is 1. The maximum Gasteiger partial charge on any atom is 0.262 e. The summed E-state index contributed by atoms with van der Waals surface area (Å²) in [6.07, 6.45) is 0. The summed E-state index contributed by atoms with van der Waals surface area (Å²) in [5, 5.41) is 0. The molecule has 1 aromatic carbocycles. The van der Waals surface area contributed by atoms with Crippen molar-refractivity contribution in [2.24, 2.45) is 0 Å². The van der Waals surface area contributed by atoms with Crippen LogP contribution in [-0.4, -0.2) is 13.4 Å². The average Bonchev–Trinajstić information content (AvgIpc) is 2.33. The van der Waals surface area contributed by atoms with Gasteiger partial charge in [0.1, 0.15) is 5.69 Å². The molecule has 0 spiro atoms. The maximum absolute atomic E-state index is 13.3. The lowest BCUT2D eigenvalue weighted by atomic mass is 10.4. The minimum atomic E-state index is -3.94. The minimum Gasteiger partial charge on any atom is -0.275 e. The average molecular weight is 349 g/mol. The first-order valence-corrected chi connectivity index (χ1v) is 7.26. The Morgan fingerprint density at radius 3 is 2.26 bits per heavy atom. The van der Waals surface area contributed by atoms with Crippen molar-refractivity contribution >= 4 is 31.6 Å². The Labute approximate surface area is 116 Å². The second-order valence-electron chi connectivity index (χ2n) is 3.53. The summed E-state index contributed by atoms with van der Waals surface area (Å²) in [7, 11) is -3.94. The molecule has 0 aliphatic heterocycles. The third kappa shape index (κ3) is 3.27. The molecule has 1 N–H and O–H groups in total. The molecule has 1 aromatic heterocycles. The monoisotopic (exact) mass is 348 g/mol. The van der Waals surface area contributed by atoms with E-state index in [1.54, 1.807) is 0 Å². The topological polar surface area (TPSA) is 59.1 Å². The van der Waals surface area contributed by atoms with E-state index < -0.39 is 27.6 Å². The molecule has 0 saturated carbocycles. The molecular weight excluding hydrogens is 342 g/mol. The van der Waals surface area contributed by atoms with Crippen LogP contribution in [0.15, 0.2) is 45.8 Å². The lowest BCUT2D eigenvalue weighted by molar-refractivity contribution is 0.515. The summed E-state index contributed by atoms with van der Waals surface area (Å²) < 4.78 is 52.5. The van der Waals surface area contributed by atoms with Crippen LogP contribution < -0.4 is 4.72 Å². The molecule has 19 heavy (non-hydrogen) atoms. The Kier molecular flexibility index (Phi) is 3.81. The van der Waals surface area contributed by atoms with Crippen molar-refractivity contribution in [3.05, 3.63) is 52.8 Å². The van der Waals surface area contributed by atoms with Gasteiger partial charge < -0.3 is 0 Å². The summed E-state index contributed by atoms with van der Waals surface area (Å²) in [5.74, 6) is -2.25. The van der Waals surface area contributed by atoms with Crippen molar-refractivity contribution in [3.8, 4) is 0 Å². The molecule has 0 radical (unpaired) electrons. The number of sulfonamides is 1. The lowest BCUT2D eigenvalue weighted by Crippen LogP contribution is -2.14. The largest absolute Gasteiger partial charge is 0.275 e. The van der Waals surface area contributed by atoms with E-state index in [9.17, 15) is 17.2 Å². The number of aromatic nitrogens is 1. The number of rotatable bonds is 3. The van der Waals surface area contributed by atoms with Crippen LogP contribution in [0.1, 0.15) is 0 Å². The van der Waals surface area contributed by atoms with Gasteiger partial charge in [-0.3, -0.25) is 4.72 Å². The van der Waals surface area contributed by atoms with Crippen molar-refractivity contribution in [1.82, 2.24) is 4.98 Å². The standard InChI is InChI=1S/C11H7BrF2N2O2S/c12-7-1-3-8(4-2-7)19(17,18)16-9-5-6-10(13)15-11(9)14/h1-6,16H. The number of halogens is 3. The van der Waals surface area contributed by atoms with Crippen LogP contribution in [0.5, 0.6) is 0 Å². The fourth-order valence-electron chi connectivity index (χ4n) is 1.31. The van der Waals surface area contributed by atoms with Gasteiger partial charge in [-0.1, -0.05) is 15.9 Å². The summed E-state index contributed by atoms with van der Waals surface area (Å²) in [6, 6.07) is 7.60. The number of benzene rings is 1. The fraction of sp³-hybridized carbons (Fsp3) is 0. The van der Waals surface area contributed by atoms with Crippen molar-refractivity contribution < 1.29 is 17.2 Å². The van der Waals surface area contributed by atoms with Crippen LogP contribution in [0.4, 0.5) is 14.5 Å². The second kappa shape index (κ2) is 5.22. The highest BCUT2D eigenvalue weighted by molar-refractivity contribution is 9.10. The molecule has 0 aliphatic carbocycles. The van der Waals surface area contributed by atoms with Gasteiger partial charge in [-0.25, -0.2) is 8.42 Å². The van der Waals surface area contributed by atoms with E-state index in [0.29, 0.717) is 4.47 Å². The molecule has 0 aliphatic rings. The van der Waals surface area contributed by atoms with E-state index in [1.165, 1.54) is 24.3 Å². The van der Waals surface area contributed by atoms with E-state index >= 15 is 0 Å². The molecule has 0 bridgehead atoms. The summed E-state index contributed by atoms with van der Waals surface area (Å²) in [4.78, 5) is 2.86. The first kappa shape index (κ1) is 13.9. The van der Waals surface area contributed by atoms with Gasteiger partial charge in [-0.15, -0.1) is 0 Å². The molecule has 0 amide bonds. The first-order chi connectivity index (χ1) is 8.88. The molecule has 0 fully saturated rings. The van der Waals surface area contributed by atoms with Gasteiger partial charge in [0.25, 0.3) is 10.0 Å². The zero-order chi connectivity index (χ0) is 14.0. The fourth-order valence-corrected chi connectivity index (χ4v) is 2.62. The van der Waals surface area contributed by atoms with Gasteiger partial charge in [0, 0.05) is 4.47 Å². The van der Waals surface area contributed by atoms with Gasteiger partial charge in [0.2, 0.25) is 11.9 Å². The van der Waals surface area contributed by atoms with Crippen molar-refractivity contribution in [3.63, 3.8) is 0 Å². The molecule has 4 nitrogen and oxygen atoms in total. The number of anilines is 1. The molecule has 8 heteroatoms. The van der Waals surface area contributed by atoms with E-state index in [0.717, 1.165) is 12.1 Å².